The van der Waals surface area contributed by atoms with E-state index < -0.39 is 0 Å². The van der Waals surface area contributed by atoms with Crippen LogP contribution in [0.1, 0.15) is 12.5 Å². The van der Waals surface area contributed by atoms with Crippen molar-refractivity contribution >= 4 is 11.5 Å². The first-order valence-electron chi connectivity index (χ1n) is 6.18. The third-order valence-electron chi connectivity index (χ3n) is 2.80. The molecular weight excluding hydrogens is 254 g/mol. The van der Waals surface area contributed by atoms with Crippen molar-refractivity contribution in [1.29, 1.82) is 0 Å². The molecule has 0 fully saturated rings. The van der Waals surface area contributed by atoms with E-state index >= 15 is 0 Å². The molecule has 104 valence electrons. The second kappa shape index (κ2) is 6.56. The van der Waals surface area contributed by atoms with Crippen LogP contribution in [-0.2, 0) is 0 Å². The summed E-state index contributed by atoms with van der Waals surface area (Å²) < 4.78 is 10.5. The number of aromatic nitrogens is 1. The Kier molecular flexibility index (Phi) is 4.55. The molecule has 0 spiro atoms. The molecule has 0 saturated carbocycles. The number of pyridine rings is 1. The highest BCUT2D eigenvalue weighted by Gasteiger charge is 2.06. The normalized spacial score (nSPS) is 11.1. The molecule has 1 N–H and O–H groups in total. The quantitative estimate of drug-likeness (QED) is 0.671. The van der Waals surface area contributed by atoms with E-state index in [0.717, 1.165) is 11.3 Å². The van der Waals surface area contributed by atoms with Gasteiger partial charge in [-0.2, -0.15) is 5.10 Å². The molecule has 0 saturated heterocycles. The molecule has 2 rings (SSSR count). The van der Waals surface area contributed by atoms with Gasteiger partial charge in [-0.1, -0.05) is 6.07 Å². The van der Waals surface area contributed by atoms with Crippen LogP contribution in [0.2, 0.25) is 0 Å². The first kappa shape index (κ1) is 13.9. The lowest BCUT2D eigenvalue weighted by molar-refractivity contribution is 0.355. The average Bonchev–Trinajstić information content (AvgIpc) is 2.52. The van der Waals surface area contributed by atoms with Crippen molar-refractivity contribution in [1.82, 2.24) is 4.98 Å². The number of hydrazone groups is 1. The van der Waals surface area contributed by atoms with Crippen LogP contribution in [-0.4, -0.2) is 24.9 Å². The van der Waals surface area contributed by atoms with Crippen molar-refractivity contribution in [2.75, 3.05) is 19.6 Å². The van der Waals surface area contributed by atoms with Gasteiger partial charge in [-0.3, -0.25) is 5.43 Å². The number of hydrogen-bond donors (Lipinski definition) is 1. The van der Waals surface area contributed by atoms with Crippen molar-refractivity contribution < 1.29 is 9.47 Å². The topological polar surface area (TPSA) is 55.7 Å². The van der Waals surface area contributed by atoms with Crippen molar-refractivity contribution in [2.24, 2.45) is 5.10 Å². The predicted octanol–water partition coefficient (Wildman–Crippen LogP) is 2.93. The first-order valence-corrected chi connectivity index (χ1v) is 6.18. The summed E-state index contributed by atoms with van der Waals surface area (Å²) in [4.78, 5) is 4.14. The number of rotatable bonds is 5. The molecule has 20 heavy (non-hydrogen) atoms. The highest BCUT2D eigenvalue weighted by molar-refractivity contribution is 5.99. The van der Waals surface area contributed by atoms with Gasteiger partial charge in [0.2, 0.25) is 0 Å². The van der Waals surface area contributed by atoms with Gasteiger partial charge < -0.3 is 9.47 Å². The molecular formula is C15H17N3O2. The molecule has 1 heterocycles. The zero-order chi connectivity index (χ0) is 14.4. The molecule has 1 aromatic carbocycles. The van der Waals surface area contributed by atoms with E-state index in [4.69, 9.17) is 9.47 Å². The van der Waals surface area contributed by atoms with Crippen LogP contribution in [0.4, 0.5) is 5.82 Å². The third-order valence-corrected chi connectivity index (χ3v) is 2.80. The number of ether oxygens (including phenoxy) is 2. The van der Waals surface area contributed by atoms with Gasteiger partial charge in [-0.05, 0) is 37.3 Å². The second-order valence-corrected chi connectivity index (χ2v) is 4.09. The Morgan fingerprint density at radius 2 is 1.90 bits per heavy atom. The lowest BCUT2D eigenvalue weighted by Gasteiger charge is -2.09. The van der Waals surface area contributed by atoms with E-state index in [1.807, 2.05) is 43.3 Å². The standard InChI is InChI=1S/C15H17N3O2/c1-11(17-18-15-6-4-5-9-16-15)12-7-8-13(19-2)14(10-12)20-3/h4-10H,1-3H3,(H,16,18). The molecule has 1 aromatic heterocycles. The Labute approximate surface area is 118 Å². The fraction of sp³-hybridized carbons (Fsp3) is 0.200. The molecule has 0 aliphatic heterocycles. The highest BCUT2D eigenvalue weighted by Crippen LogP contribution is 2.27. The number of nitrogens with zero attached hydrogens (tertiary/aromatic N) is 2. The Bertz CT molecular complexity index is 597. The van der Waals surface area contributed by atoms with Crippen molar-refractivity contribution in [2.45, 2.75) is 6.92 Å². The Hall–Kier alpha value is -2.56. The molecule has 0 aliphatic rings. The van der Waals surface area contributed by atoms with Crippen LogP contribution in [0.3, 0.4) is 0 Å². The lowest BCUT2D eigenvalue weighted by Crippen LogP contribution is -2.01. The van der Waals surface area contributed by atoms with Gasteiger partial charge in [0.25, 0.3) is 0 Å². The number of hydrogen-bond acceptors (Lipinski definition) is 5. The number of benzene rings is 1. The van der Waals surface area contributed by atoms with Gasteiger partial charge in [-0.15, -0.1) is 0 Å². The number of nitrogens with one attached hydrogen (secondary N) is 1. The van der Waals surface area contributed by atoms with Gasteiger partial charge in [-0.25, -0.2) is 4.98 Å². The molecule has 5 nitrogen and oxygen atoms in total. The van der Waals surface area contributed by atoms with Gasteiger partial charge in [0.05, 0.1) is 19.9 Å². The summed E-state index contributed by atoms with van der Waals surface area (Å²) in [6.07, 6.45) is 1.71. The summed E-state index contributed by atoms with van der Waals surface area (Å²) in [5.41, 5.74) is 4.69. The maximum Gasteiger partial charge on any atom is 0.161 e. The van der Waals surface area contributed by atoms with E-state index in [-0.39, 0.29) is 0 Å². The van der Waals surface area contributed by atoms with Crippen LogP contribution < -0.4 is 14.9 Å². The Morgan fingerprint density at radius 1 is 1.10 bits per heavy atom. The predicted molar refractivity (Wildman–Crippen MR) is 79.6 cm³/mol. The maximum atomic E-state index is 5.28. The van der Waals surface area contributed by atoms with Crippen LogP contribution >= 0.6 is 0 Å². The largest absolute Gasteiger partial charge is 0.493 e. The van der Waals surface area contributed by atoms with Gasteiger partial charge in [0.1, 0.15) is 5.82 Å². The van der Waals surface area contributed by atoms with E-state index in [2.05, 4.69) is 15.5 Å². The summed E-state index contributed by atoms with van der Waals surface area (Å²) in [5, 5.41) is 4.30. The minimum atomic E-state index is 0.678. The average molecular weight is 271 g/mol. The molecule has 0 radical (unpaired) electrons. The lowest BCUT2D eigenvalue weighted by atomic mass is 10.1. The summed E-state index contributed by atoms with van der Waals surface area (Å²) in [6.45, 7) is 1.91. The van der Waals surface area contributed by atoms with Crippen molar-refractivity contribution in [3.8, 4) is 11.5 Å². The van der Waals surface area contributed by atoms with Crippen molar-refractivity contribution in [3.05, 3.63) is 48.2 Å². The summed E-state index contributed by atoms with van der Waals surface area (Å²) in [7, 11) is 3.22. The molecule has 0 amide bonds. The highest BCUT2D eigenvalue weighted by atomic mass is 16.5. The summed E-state index contributed by atoms with van der Waals surface area (Å²) in [6, 6.07) is 11.3. The van der Waals surface area contributed by atoms with E-state index in [1.54, 1.807) is 20.4 Å². The zero-order valence-corrected chi connectivity index (χ0v) is 11.8. The van der Waals surface area contributed by atoms with Gasteiger partial charge in [0, 0.05) is 11.8 Å². The molecule has 5 heteroatoms. The van der Waals surface area contributed by atoms with Crippen LogP contribution in [0.15, 0.2) is 47.7 Å². The third kappa shape index (κ3) is 3.26. The zero-order valence-electron chi connectivity index (χ0n) is 11.8. The van der Waals surface area contributed by atoms with Gasteiger partial charge in [0.15, 0.2) is 11.5 Å². The number of methoxy groups -OCH3 is 2. The van der Waals surface area contributed by atoms with E-state index in [0.29, 0.717) is 17.3 Å². The van der Waals surface area contributed by atoms with E-state index in [9.17, 15) is 0 Å². The van der Waals surface area contributed by atoms with Gasteiger partial charge >= 0.3 is 0 Å². The fourth-order valence-corrected chi connectivity index (χ4v) is 1.70. The maximum absolute atomic E-state index is 5.28. The molecule has 0 atom stereocenters. The number of anilines is 1. The van der Waals surface area contributed by atoms with E-state index in [1.165, 1.54) is 0 Å². The minimum Gasteiger partial charge on any atom is -0.493 e. The summed E-state index contributed by atoms with van der Waals surface area (Å²) >= 11 is 0. The monoisotopic (exact) mass is 271 g/mol. The molecule has 2 aromatic rings. The SMILES string of the molecule is COc1ccc(C(C)=NNc2ccccn2)cc1OC. The Morgan fingerprint density at radius 3 is 2.55 bits per heavy atom. The van der Waals surface area contributed by atoms with Crippen LogP contribution in [0.25, 0.3) is 0 Å². The van der Waals surface area contributed by atoms with Crippen LogP contribution in [0, 0.1) is 0 Å². The fourth-order valence-electron chi connectivity index (χ4n) is 1.70. The Balaban J connectivity index is 2.18. The molecule has 0 aliphatic carbocycles. The molecule has 0 unspecified atom stereocenters. The van der Waals surface area contributed by atoms with Crippen LogP contribution in [0.5, 0.6) is 11.5 Å². The van der Waals surface area contributed by atoms with Crippen molar-refractivity contribution in [3.63, 3.8) is 0 Å². The minimum absolute atomic E-state index is 0.678. The second-order valence-electron chi connectivity index (χ2n) is 4.09. The summed E-state index contributed by atoms with van der Waals surface area (Å²) in [5.74, 6) is 2.08. The first-order chi connectivity index (χ1) is 9.74. The molecule has 0 bridgehead atoms. The smallest absolute Gasteiger partial charge is 0.161 e.